The highest BCUT2D eigenvalue weighted by Crippen LogP contribution is 2.10. The van der Waals surface area contributed by atoms with Gasteiger partial charge in [0.25, 0.3) is 0 Å². The molecule has 15 heavy (non-hydrogen) atoms. The minimum atomic E-state index is -0.0263. The number of hydrogen-bond acceptors (Lipinski definition) is 4. The number of thioether (sulfide) groups is 1. The van der Waals surface area contributed by atoms with E-state index < -0.39 is 0 Å². The largest absolute Gasteiger partial charge is 0.396 e. The van der Waals surface area contributed by atoms with Gasteiger partial charge in [0.15, 0.2) is 0 Å². The summed E-state index contributed by atoms with van der Waals surface area (Å²) in [5, 5.41) is 14.9. The molecule has 0 aromatic rings. The molecular formula is C10H20N2O2S. The minimum absolute atomic E-state index is 0.0263. The molecule has 1 fully saturated rings. The molecule has 0 bridgehead atoms. The second-order valence-corrected chi connectivity index (χ2v) is 4.83. The van der Waals surface area contributed by atoms with Crippen LogP contribution < -0.4 is 10.6 Å². The number of aliphatic hydroxyl groups excluding tert-OH is 1. The van der Waals surface area contributed by atoms with Gasteiger partial charge < -0.3 is 10.4 Å². The molecular weight excluding hydrogens is 212 g/mol. The Kier molecular flexibility index (Phi) is 6.05. The van der Waals surface area contributed by atoms with E-state index >= 15 is 0 Å². The van der Waals surface area contributed by atoms with Gasteiger partial charge in [-0.3, -0.25) is 10.1 Å². The summed E-state index contributed by atoms with van der Waals surface area (Å²) in [5.74, 6) is 2.22. The van der Waals surface area contributed by atoms with Crippen LogP contribution in [0.3, 0.4) is 0 Å². The van der Waals surface area contributed by atoms with Crippen LogP contribution >= 0.6 is 11.8 Å². The molecule has 0 radical (unpaired) electrons. The third-order valence-corrected chi connectivity index (χ3v) is 3.65. The Morgan fingerprint density at radius 3 is 3.07 bits per heavy atom. The Labute approximate surface area is 95.2 Å². The summed E-state index contributed by atoms with van der Waals surface area (Å²) < 4.78 is 0. The topological polar surface area (TPSA) is 61.4 Å². The molecule has 4 nitrogen and oxygen atoms in total. The standard InChI is InChI=1S/C10H20N2O2S/c1-2-8(3-4-13)5-11-10(14)9-6-15-7-12-9/h8-9,12-13H,2-7H2,1H3,(H,11,14). The van der Waals surface area contributed by atoms with Crippen molar-refractivity contribution in [3.05, 3.63) is 0 Å². The smallest absolute Gasteiger partial charge is 0.238 e. The summed E-state index contributed by atoms with van der Waals surface area (Å²) in [5.41, 5.74) is 0. The fraction of sp³-hybridized carbons (Fsp3) is 0.900. The molecule has 0 aromatic heterocycles. The maximum atomic E-state index is 11.6. The fourth-order valence-corrected chi connectivity index (χ4v) is 2.51. The van der Waals surface area contributed by atoms with Crippen LogP contribution in [-0.4, -0.2) is 41.8 Å². The van der Waals surface area contributed by atoms with Gasteiger partial charge in [0.2, 0.25) is 5.91 Å². The zero-order valence-electron chi connectivity index (χ0n) is 9.16. The summed E-state index contributed by atoms with van der Waals surface area (Å²) in [4.78, 5) is 11.6. The zero-order chi connectivity index (χ0) is 11.1. The molecule has 1 aliphatic heterocycles. The van der Waals surface area contributed by atoms with Crippen molar-refractivity contribution in [3.63, 3.8) is 0 Å². The number of carbonyl (C=O) groups excluding carboxylic acids is 1. The maximum absolute atomic E-state index is 11.6. The van der Waals surface area contributed by atoms with E-state index in [1.807, 2.05) is 0 Å². The van der Waals surface area contributed by atoms with Crippen molar-refractivity contribution < 1.29 is 9.90 Å². The molecule has 88 valence electrons. The molecule has 2 unspecified atom stereocenters. The monoisotopic (exact) mass is 232 g/mol. The van der Waals surface area contributed by atoms with Gasteiger partial charge >= 0.3 is 0 Å². The second-order valence-electron chi connectivity index (χ2n) is 3.80. The third kappa shape index (κ3) is 4.40. The number of amides is 1. The van der Waals surface area contributed by atoms with Crippen LogP contribution in [0.1, 0.15) is 19.8 Å². The first-order valence-corrected chi connectivity index (χ1v) is 6.63. The van der Waals surface area contributed by atoms with Gasteiger partial charge in [0.05, 0.1) is 6.04 Å². The molecule has 2 atom stereocenters. The van der Waals surface area contributed by atoms with Gasteiger partial charge in [-0.1, -0.05) is 13.3 Å². The van der Waals surface area contributed by atoms with E-state index in [1.165, 1.54) is 0 Å². The lowest BCUT2D eigenvalue weighted by molar-refractivity contribution is -0.122. The van der Waals surface area contributed by atoms with Crippen LogP contribution in [0.25, 0.3) is 0 Å². The van der Waals surface area contributed by atoms with Crippen LogP contribution in [-0.2, 0) is 4.79 Å². The van der Waals surface area contributed by atoms with E-state index in [9.17, 15) is 4.79 Å². The van der Waals surface area contributed by atoms with Crippen molar-refractivity contribution in [1.82, 2.24) is 10.6 Å². The van der Waals surface area contributed by atoms with Crippen LogP contribution in [0.15, 0.2) is 0 Å². The predicted molar refractivity (Wildman–Crippen MR) is 62.7 cm³/mol. The van der Waals surface area contributed by atoms with Crippen LogP contribution in [0.2, 0.25) is 0 Å². The molecule has 1 amide bonds. The maximum Gasteiger partial charge on any atom is 0.238 e. The van der Waals surface area contributed by atoms with Crippen LogP contribution in [0.4, 0.5) is 0 Å². The Bertz CT molecular complexity index is 196. The Morgan fingerprint density at radius 2 is 2.53 bits per heavy atom. The lowest BCUT2D eigenvalue weighted by Crippen LogP contribution is -2.43. The van der Waals surface area contributed by atoms with Gasteiger partial charge in [-0.15, -0.1) is 11.8 Å². The van der Waals surface area contributed by atoms with Crippen molar-refractivity contribution >= 4 is 17.7 Å². The van der Waals surface area contributed by atoms with Gasteiger partial charge in [-0.25, -0.2) is 0 Å². The molecule has 0 spiro atoms. The van der Waals surface area contributed by atoms with E-state index in [0.717, 1.165) is 24.5 Å². The lowest BCUT2D eigenvalue weighted by atomic mass is 10.0. The summed E-state index contributed by atoms with van der Waals surface area (Å²) in [7, 11) is 0. The van der Waals surface area contributed by atoms with E-state index in [-0.39, 0.29) is 18.6 Å². The Morgan fingerprint density at radius 1 is 1.73 bits per heavy atom. The first-order valence-electron chi connectivity index (χ1n) is 5.47. The van der Waals surface area contributed by atoms with Crippen molar-refractivity contribution in [2.45, 2.75) is 25.8 Å². The molecule has 0 saturated carbocycles. The van der Waals surface area contributed by atoms with Crippen molar-refractivity contribution in [1.29, 1.82) is 0 Å². The highest BCUT2D eigenvalue weighted by molar-refractivity contribution is 7.99. The molecule has 0 aliphatic carbocycles. The summed E-state index contributed by atoms with van der Waals surface area (Å²) in [6, 6.07) is -0.0263. The molecule has 1 heterocycles. The molecule has 3 N–H and O–H groups in total. The molecule has 1 aliphatic rings. The van der Waals surface area contributed by atoms with E-state index in [1.54, 1.807) is 11.8 Å². The van der Waals surface area contributed by atoms with Gasteiger partial charge in [0, 0.05) is 24.8 Å². The predicted octanol–water partition coefficient (Wildman–Crippen LogP) is 0.174. The summed E-state index contributed by atoms with van der Waals surface area (Å²) in [6.07, 6.45) is 1.76. The van der Waals surface area contributed by atoms with Gasteiger partial charge in [-0.2, -0.15) is 0 Å². The van der Waals surface area contributed by atoms with Crippen molar-refractivity contribution in [2.24, 2.45) is 5.92 Å². The molecule has 0 aromatic carbocycles. The minimum Gasteiger partial charge on any atom is -0.396 e. The number of rotatable bonds is 6. The average molecular weight is 232 g/mol. The van der Waals surface area contributed by atoms with Gasteiger partial charge in [0.1, 0.15) is 0 Å². The quantitative estimate of drug-likeness (QED) is 0.611. The number of nitrogens with one attached hydrogen (secondary N) is 2. The Balaban J connectivity index is 2.19. The summed E-state index contributed by atoms with van der Waals surface area (Å²) >= 11 is 1.75. The first kappa shape index (κ1) is 12.8. The second kappa shape index (κ2) is 7.09. The van der Waals surface area contributed by atoms with Crippen molar-refractivity contribution in [3.8, 4) is 0 Å². The highest BCUT2D eigenvalue weighted by atomic mass is 32.2. The average Bonchev–Trinajstić information content (AvgIpc) is 2.77. The highest BCUT2D eigenvalue weighted by Gasteiger charge is 2.22. The Hall–Kier alpha value is -0.260. The fourth-order valence-electron chi connectivity index (χ4n) is 1.56. The first-order chi connectivity index (χ1) is 7.27. The normalized spacial score (nSPS) is 22.7. The van der Waals surface area contributed by atoms with Crippen LogP contribution in [0.5, 0.6) is 0 Å². The molecule has 1 saturated heterocycles. The van der Waals surface area contributed by atoms with Crippen LogP contribution in [0, 0.1) is 5.92 Å². The summed E-state index contributed by atoms with van der Waals surface area (Å²) in [6.45, 7) is 2.96. The number of carbonyl (C=O) groups is 1. The number of hydrogen-bond donors (Lipinski definition) is 3. The SMILES string of the molecule is CCC(CCO)CNC(=O)C1CSCN1. The van der Waals surface area contributed by atoms with Gasteiger partial charge in [-0.05, 0) is 12.3 Å². The van der Waals surface area contributed by atoms with E-state index in [0.29, 0.717) is 12.5 Å². The molecule has 1 rings (SSSR count). The van der Waals surface area contributed by atoms with E-state index in [2.05, 4.69) is 17.6 Å². The van der Waals surface area contributed by atoms with E-state index in [4.69, 9.17) is 5.11 Å². The zero-order valence-corrected chi connectivity index (χ0v) is 9.98. The molecule has 5 heteroatoms. The number of aliphatic hydroxyl groups is 1. The lowest BCUT2D eigenvalue weighted by Gasteiger charge is -2.16. The van der Waals surface area contributed by atoms with Crippen molar-refractivity contribution in [2.75, 3.05) is 24.8 Å². The third-order valence-electron chi connectivity index (χ3n) is 2.71.